The van der Waals surface area contributed by atoms with Gasteiger partial charge in [-0.1, -0.05) is 162 Å². The van der Waals surface area contributed by atoms with Gasteiger partial charge in [-0.05, 0) is 12.8 Å². The third kappa shape index (κ3) is 36.6. The van der Waals surface area contributed by atoms with Crippen molar-refractivity contribution in [2.45, 2.75) is 187 Å². The molecule has 282 valence electrons. The number of phosphoric ester groups is 1. The highest BCUT2D eigenvalue weighted by atomic mass is 31.2. The van der Waals surface area contributed by atoms with Crippen molar-refractivity contribution >= 4 is 13.8 Å². The quantitative estimate of drug-likeness (QED) is 0.0277. The molecule has 2 atom stereocenters. The van der Waals surface area contributed by atoms with E-state index in [4.69, 9.17) is 18.5 Å². The monoisotopic (exact) mass is 692 g/mol. The predicted molar refractivity (Wildman–Crippen MR) is 194 cm³/mol. The molecule has 0 saturated heterocycles. The van der Waals surface area contributed by atoms with Crippen molar-refractivity contribution in [1.29, 1.82) is 0 Å². The summed E-state index contributed by atoms with van der Waals surface area (Å²) in [6, 6.07) is 0. The summed E-state index contributed by atoms with van der Waals surface area (Å²) in [6.07, 6.45) is 31.4. The van der Waals surface area contributed by atoms with E-state index in [1.807, 2.05) is 21.1 Å². The highest BCUT2D eigenvalue weighted by molar-refractivity contribution is 7.45. The standard InChI is InChI=1S/C38H78NO7P/c1-6-8-10-12-14-15-16-17-18-19-20-21-22-23-24-25-26-28-30-33-43-35-37(46-38(40)31-29-27-13-11-9-7-2)36-45-47(41,42)44-34-32-39(3,4)5/h37H,6-36H2,1-5H3. The summed E-state index contributed by atoms with van der Waals surface area (Å²) in [4.78, 5) is 24.7. The van der Waals surface area contributed by atoms with Crippen LogP contribution in [0.15, 0.2) is 0 Å². The number of hydrogen-bond acceptors (Lipinski definition) is 7. The lowest BCUT2D eigenvalue weighted by Crippen LogP contribution is -2.37. The maximum Gasteiger partial charge on any atom is 0.306 e. The van der Waals surface area contributed by atoms with Gasteiger partial charge >= 0.3 is 5.97 Å². The van der Waals surface area contributed by atoms with E-state index in [9.17, 15) is 14.3 Å². The summed E-state index contributed by atoms with van der Waals surface area (Å²) in [5.74, 6) is -0.340. The minimum Gasteiger partial charge on any atom is -0.756 e. The van der Waals surface area contributed by atoms with Gasteiger partial charge in [-0.15, -0.1) is 0 Å². The van der Waals surface area contributed by atoms with E-state index in [1.54, 1.807) is 0 Å². The number of likely N-dealkylation sites (N-methyl/N-ethyl adjacent to an activating group) is 1. The molecule has 0 spiro atoms. The molecule has 0 bridgehead atoms. The second kappa shape index (κ2) is 32.7. The molecule has 0 aliphatic rings. The van der Waals surface area contributed by atoms with E-state index in [-0.39, 0.29) is 25.8 Å². The van der Waals surface area contributed by atoms with Crippen LogP contribution in [-0.2, 0) is 27.9 Å². The van der Waals surface area contributed by atoms with Crippen LogP contribution in [0.5, 0.6) is 0 Å². The molecule has 8 nitrogen and oxygen atoms in total. The van der Waals surface area contributed by atoms with Gasteiger partial charge in [0.2, 0.25) is 0 Å². The molecular weight excluding hydrogens is 613 g/mol. The number of unbranched alkanes of at least 4 members (excludes halogenated alkanes) is 23. The topological polar surface area (TPSA) is 94.1 Å². The predicted octanol–water partition coefficient (Wildman–Crippen LogP) is 10.3. The normalized spacial score (nSPS) is 13.9. The molecule has 0 saturated carbocycles. The average Bonchev–Trinajstić information content (AvgIpc) is 3.01. The smallest absolute Gasteiger partial charge is 0.306 e. The molecule has 0 aliphatic carbocycles. The first-order valence-electron chi connectivity index (χ1n) is 19.8. The van der Waals surface area contributed by atoms with Gasteiger partial charge in [-0.25, -0.2) is 0 Å². The second-order valence-electron chi connectivity index (χ2n) is 14.7. The van der Waals surface area contributed by atoms with Crippen molar-refractivity contribution in [1.82, 2.24) is 0 Å². The number of nitrogens with zero attached hydrogens (tertiary/aromatic N) is 1. The second-order valence-corrected chi connectivity index (χ2v) is 16.1. The number of carbonyl (C=O) groups excluding carboxylic acids is 1. The summed E-state index contributed by atoms with van der Waals surface area (Å²) >= 11 is 0. The van der Waals surface area contributed by atoms with Crippen LogP contribution >= 0.6 is 7.82 Å². The molecule has 2 unspecified atom stereocenters. The van der Waals surface area contributed by atoms with E-state index >= 15 is 0 Å². The van der Waals surface area contributed by atoms with Gasteiger partial charge in [-0.3, -0.25) is 9.36 Å². The van der Waals surface area contributed by atoms with Crippen molar-refractivity contribution in [3.05, 3.63) is 0 Å². The molecule has 9 heteroatoms. The fourth-order valence-corrected chi connectivity index (χ4v) is 6.27. The zero-order valence-corrected chi connectivity index (χ0v) is 32.6. The number of rotatable bonds is 37. The molecule has 0 aromatic carbocycles. The van der Waals surface area contributed by atoms with Gasteiger partial charge in [0.15, 0.2) is 0 Å². The molecule has 0 amide bonds. The highest BCUT2D eigenvalue weighted by Crippen LogP contribution is 2.38. The Morgan fingerprint density at radius 2 is 0.979 bits per heavy atom. The third-order valence-electron chi connectivity index (χ3n) is 8.66. The summed E-state index contributed by atoms with van der Waals surface area (Å²) in [5.41, 5.74) is 0. The van der Waals surface area contributed by atoms with Crippen LogP contribution in [0.4, 0.5) is 0 Å². The Kier molecular flexibility index (Phi) is 32.3. The van der Waals surface area contributed by atoms with Crippen LogP contribution in [-0.4, -0.2) is 70.7 Å². The largest absolute Gasteiger partial charge is 0.756 e. The zero-order chi connectivity index (χ0) is 34.9. The Morgan fingerprint density at radius 1 is 0.574 bits per heavy atom. The minimum absolute atomic E-state index is 0.0304. The van der Waals surface area contributed by atoms with E-state index in [2.05, 4.69) is 13.8 Å². The maximum absolute atomic E-state index is 12.5. The number of hydrogen-bond donors (Lipinski definition) is 0. The fourth-order valence-electron chi connectivity index (χ4n) is 5.55. The summed E-state index contributed by atoms with van der Waals surface area (Å²) in [7, 11) is 1.37. The van der Waals surface area contributed by atoms with Gasteiger partial charge in [0, 0.05) is 13.0 Å². The molecular formula is C38H78NO7P. The Bertz CT molecular complexity index is 731. The number of esters is 1. The summed E-state index contributed by atoms with van der Waals surface area (Å²) in [5, 5.41) is 0. The van der Waals surface area contributed by atoms with Crippen molar-refractivity contribution in [3.63, 3.8) is 0 Å². The van der Waals surface area contributed by atoms with Crippen LogP contribution in [0.2, 0.25) is 0 Å². The SMILES string of the molecule is CCCCCCCCCCCCCCCCCCCCCOCC(COP(=O)([O-])OCC[N+](C)(C)C)OC(=O)CCCCCCCC. The summed E-state index contributed by atoms with van der Waals surface area (Å²) < 4.78 is 34.3. The van der Waals surface area contributed by atoms with Crippen molar-refractivity contribution in [2.75, 3.05) is 54.1 Å². The Labute approximate surface area is 291 Å². The van der Waals surface area contributed by atoms with Crippen LogP contribution in [0.3, 0.4) is 0 Å². The Morgan fingerprint density at radius 3 is 1.40 bits per heavy atom. The van der Waals surface area contributed by atoms with Gasteiger partial charge in [0.1, 0.15) is 19.3 Å². The van der Waals surface area contributed by atoms with Crippen LogP contribution in [0, 0.1) is 0 Å². The molecule has 0 N–H and O–H groups in total. The first kappa shape index (κ1) is 46.5. The lowest BCUT2D eigenvalue weighted by Gasteiger charge is -2.28. The van der Waals surface area contributed by atoms with Gasteiger partial charge < -0.3 is 27.9 Å². The fraction of sp³-hybridized carbons (Fsp3) is 0.974. The van der Waals surface area contributed by atoms with Gasteiger partial charge in [0.25, 0.3) is 7.82 Å². The van der Waals surface area contributed by atoms with E-state index in [0.717, 1.165) is 32.1 Å². The average molecular weight is 692 g/mol. The maximum atomic E-state index is 12.5. The Hall–Kier alpha value is -0.500. The van der Waals surface area contributed by atoms with Crippen LogP contribution in [0.25, 0.3) is 0 Å². The number of quaternary nitrogens is 1. The molecule has 0 aromatic heterocycles. The third-order valence-corrected chi connectivity index (χ3v) is 9.62. The minimum atomic E-state index is -4.50. The molecule has 0 fully saturated rings. The Balaban J connectivity index is 4.03. The molecule has 47 heavy (non-hydrogen) atoms. The molecule has 0 aromatic rings. The number of carbonyl (C=O) groups is 1. The van der Waals surface area contributed by atoms with E-state index in [1.165, 1.54) is 128 Å². The van der Waals surface area contributed by atoms with Crippen molar-refractivity contribution in [3.8, 4) is 0 Å². The van der Waals surface area contributed by atoms with Crippen LogP contribution < -0.4 is 4.89 Å². The highest BCUT2D eigenvalue weighted by Gasteiger charge is 2.20. The molecule has 0 rings (SSSR count). The first-order valence-corrected chi connectivity index (χ1v) is 21.2. The van der Waals surface area contributed by atoms with Crippen LogP contribution in [0.1, 0.15) is 181 Å². The van der Waals surface area contributed by atoms with E-state index < -0.39 is 13.9 Å². The first-order chi connectivity index (χ1) is 22.6. The lowest BCUT2D eigenvalue weighted by molar-refractivity contribution is -0.870. The molecule has 0 aliphatic heterocycles. The zero-order valence-electron chi connectivity index (χ0n) is 31.7. The molecule has 0 radical (unpaired) electrons. The van der Waals surface area contributed by atoms with Crippen molar-refractivity contribution in [2.24, 2.45) is 0 Å². The number of ether oxygens (including phenoxy) is 2. The van der Waals surface area contributed by atoms with Gasteiger partial charge in [-0.2, -0.15) is 0 Å². The van der Waals surface area contributed by atoms with Gasteiger partial charge in [0.05, 0.1) is 34.4 Å². The lowest BCUT2D eigenvalue weighted by atomic mass is 10.0. The van der Waals surface area contributed by atoms with E-state index in [0.29, 0.717) is 24.1 Å². The van der Waals surface area contributed by atoms with Crippen molar-refractivity contribution < 1.29 is 37.3 Å². The molecule has 0 heterocycles. The summed E-state index contributed by atoms with van der Waals surface area (Å²) in [6.45, 7) is 5.38. The number of phosphoric acid groups is 1.